The van der Waals surface area contributed by atoms with E-state index in [0.717, 1.165) is 12.8 Å². The largest absolute Gasteiger partial charge is 0.249 e. The number of unbranched alkanes of at least 4 members (excludes halogenated alkanes) is 2. The number of hydrogen-bond acceptors (Lipinski definition) is 6. The molecular formula is C12H24Cl2O6. The van der Waals surface area contributed by atoms with Crippen molar-refractivity contribution in [3.05, 3.63) is 0 Å². The van der Waals surface area contributed by atoms with Gasteiger partial charge in [0.05, 0.1) is 0 Å². The fourth-order valence-corrected chi connectivity index (χ4v) is 1.84. The Morgan fingerprint density at radius 3 is 1.35 bits per heavy atom. The molecular weight excluding hydrogens is 311 g/mol. The van der Waals surface area contributed by atoms with Crippen LogP contribution in [0.2, 0.25) is 0 Å². The first-order chi connectivity index (χ1) is 9.45. The zero-order valence-corrected chi connectivity index (χ0v) is 13.5. The Labute approximate surface area is 129 Å². The van der Waals surface area contributed by atoms with Crippen molar-refractivity contribution in [1.29, 1.82) is 0 Å². The number of halogens is 2. The maximum atomic E-state index is 8.91. The minimum Gasteiger partial charge on any atom is -0.249 e. The molecule has 0 aliphatic rings. The first-order valence-corrected chi connectivity index (χ1v) is 7.66. The molecule has 0 rings (SSSR count). The first-order valence-electron chi connectivity index (χ1n) is 6.59. The molecule has 0 aromatic heterocycles. The molecule has 0 amide bonds. The highest BCUT2D eigenvalue weighted by Crippen LogP contribution is 2.26. The number of rotatable bonds is 13. The second-order valence-corrected chi connectivity index (χ2v) is 5.66. The van der Waals surface area contributed by atoms with Gasteiger partial charge in [-0.2, -0.15) is 9.78 Å². The van der Waals surface area contributed by atoms with Crippen LogP contribution in [-0.2, 0) is 19.6 Å². The predicted molar refractivity (Wildman–Crippen MR) is 75.5 cm³/mol. The lowest BCUT2D eigenvalue weighted by Gasteiger charge is -2.30. The Kier molecular flexibility index (Phi) is 11.2. The molecule has 6 nitrogen and oxygen atoms in total. The van der Waals surface area contributed by atoms with Crippen molar-refractivity contribution in [2.75, 3.05) is 11.8 Å². The van der Waals surface area contributed by atoms with Crippen LogP contribution in [0.15, 0.2) is 0 Å². The Balaban J connectivity index is 4.27. The summed E-state index contributed by atoms with van der Waals surface area (Å²) >= 11 is 11.2. The molecule has 8 heteroatoms. The smallest absolute Gasteiger partial charge is 0.231 e. The van der Waals surface area contributed by atoms with Crippen molar-refractivity contribution in [3.63, 3.8) is 0 Å². The third kappa shape index (κ3) is 8.59. The normalized spacial score (nSPS) is 17.7. The fraction of sp³-hybridized carbons (Fsp3) is 1.00. The second-order valence-electron chi connectivity index (χ2n) is 4.91. The van der Waals surface area contributed by atoms with Gasteiger partial charge in [0.25, 0.3) is 0 Å². The van der Waals surface area contributed by atoms with Crippen molar-refractivity contribution >= 4 is 23.2 Å². The van der Waals surface area contributed by atoms with Gasteiger partial charge in [0.2, 0.25) is 11.6 Å². The first kappa shape index (κ1) is 20.3. The molecule has 0 aliphatic heterocycles. The fourth-order valence-electron chi connectivity index (χ4n) is 1.46. The standard InChI is InChI=1S/C12H24Cl2O6/c1-11(17-15,7-3-5-9-13)19-20-12(2,18-16)8-4-6-10-14/h15-16H,3-10H2,1-2H3. The monoisotopic (exact) mass is 334 g/mol. The molecule has 0 saturated carbocycles. The van der Waals surface area contributed by atoms with Crippen LogP contribution in [0.1, 0.15) is 52.4 Å². The molecule has 0 radical (unpaired) electrons. The lowest BCUT2D eigenvalue weighted by Crippen LogP contribution is -2.39. The minimum absolute atomic E-state index is 0.374. The van der Waals surface area contributed by atoms with Crippen molar-refractivity contribution in [2.45, 2.75) is 63.9 Å². The van der Waals surface area contributed by atoms with Gasteiger partial charge in [-0.15, -0.1) is 23.2 Å². The lowest BCUT2D eigenvalue weighted by molar-refractivity contribution is -0.567. The average molecular weight is 335 g/mol. The summed E-state index contributed by atoms with van der Waals surface area (Å²) in [6.45, 7) is 3.02. The van der Waals surface area contributed by atoms with E-state index in [1.807, 2.05) is 0 Å². The van der Waals surface area contributed by atoms with Crippen molar-refractivity contribution in [1.82, 2.24) is 0 Å². The van der Waals surface area contributed by atoms with Gasteiger partial charge >= 0.3 is 0 Å². The third-order valence-electron chi connectivity index (χ3n) is 2.81. The predicted octanol–water partition coefficient (Wildman–Crippen LogP) is 4.16. The Morgan fingerprint density at radius 2 is 1.10 bits per heavy atom. The van der Waals surface area contributed by atoms with E-state index in [-0.39, 0.29) is 0 Å². The van der Waals surface area contributed by atoms with Crippen LogP contribution >= 0.6 is 23.2 Å². The van der Waals surface area contributed by atoms with E-state index in [9.17, 15) is 0 Å². The van der Waals surface area contributed by atoms with E-state index in [1.54, 1.807) is 0 Å². The van der Waals surface area contributed by atoms with Crippen LogP contribution in [-0.4, -0.2) is 33.8 Å². The summed E-state index contributed by atoms with van der Waals surface area (Å²) in [7, 11) is 0. The molecule has 0 spiro atoms. The Morgan fingerprint density at radius 1 is 0.750 bits per heavy atom. The molecule has 2 atom stereocenters. The molecule has 0 bridgehead atoms. The highest BCUT2D eigenvalue weighted by molar-refractivity contribution is 6.18. The number of alkyl halides is 2. The van der Waals surface area contributed by atoms with Crippen molar-refractivity contribution < 1.29 is 30.1 Å². The van der Waals surface area contributed by atoms with Crippen molar-refractivity contribution in [3.8, 4) is 0 Å². The molecule has 2 N–H and O–H groups in total. The van der Waals surface area contributed by atoms with Crippen LogP contribution in [0.4, 0.5) is 0 Å². The van der Waals surface area contributed by atoms with Gasteiger partial charge in [0, 0.05) is 24.6 Å². The van der Waals surface area contributed by atoms with E-state index < -0.39 is 11.6 Å². The highest BCUT2D eigenvalue weighted by Gasteiger charge is 2.35. The van der Waals surface area contributed by atoms with Crippen LogP contribution in [0.5, 0.6) is 0 Å². The summed E-state index contributed by atoms with van der Waals surface area (Å²) in [5, 5.41) is 17.8. The molecule has 0 aromatic rings. The van der Waals surface area contributed by atoms with E-state index in [4.69, 9.17) is 43.5 Å². The van der Waals surface area contributed by atoms with E-state index >= 15 is 0 Å². The van der Waals surface area contributed by atoms with Crippen LogP contribution in [0, 0.1) is 0 Å². The SMILES string of the molecule is CC(CCCCCl)(OO)OOC(C)(CCCCCl)OO. The maximum Gasteiger partial charge on any atom is 0.231 e. The maximum absolute atomic E-state index is 8.91. The van der Waals surface area contributed by atoms with E-state index in [1.165, 1.54) is 13.8 Å². The van der Waals surface area contributed by atoms with Gasteiger partial charge in [0.1, 0.15) is 0 Å². The second kappa shape index (κ2) is 11.0. The van der Waals surface area contributed by atoms with E-state index in [2.05, 4.69) is 9.78 Å². The van der Waals surface area contributed by atoms with Gasteiger partial charge in [0.15, 0.2) is 0 Å². The summed E-state index contributed by atoms with van der Waals surface area (Å²) in [6.07, 6.45) is 3.64. The zero-order chi connectivity index (χ0) is 15.5. The van der Waals surface area contributed by atoms with E-state index in [0.29, 0.717) is 37.4 Å². The molecule has 0 aliphatic carbocycles. The molecule has 122 valence electrons. The summed E-state index contributed by atoms with van der Waals surface area (Å²) in [5.74, 6) is -1.67. The summed E-state index contributed by atoms with van der Waals surface area (Å²) in [4.78, 5) is 18.8. The van der Waals surface area contributed by atoms with Gasteiger partial charge in [-0.05, 0) is 39.5 Å². The van der Waals surface area contributed by atoms with Crippen LogP contribution in [0.25, 0.3) is 0 Å². The minimum atomic E-state index is -1.35. The molecule has 2 unspecified atom stereocenters. The van der Waals surface area contributed by atoms with Crippen LogP contribution in [0.3, 0.4) is 0 Å². The lowest BCUT2D eigenvalue weighted by atomic mass is 10.1. The average Bonchev–Trinajstić information content (AvgIpc) is 2.46. The van der Waals surface area contributed by atoms with Gasteiger partial charge in [-0.25, -0.2) is 20.3 Å². The topological polar surface area (TPSA) is 77.4 Å². The summed E-state index contributed by atoms with van der Waals surface area (Å²) in [5.41, 5.74) is 0. The summed E-state index contributed by atoms with van der Waals surface area (Å²) < 4.78 is 0. The van der Waals surface area contributed by atoms with Gasteiger partial charge in [-0.1, -0.05) is 0 Å². The molecule has 20 heavy (non-hydrogen) atoms. The molecule has 0 saturated heterocycles. The van der Waals surface area contributed by atoms with Crippen LogP contribution < -0.4 is 0 Å². The quantitative estimate of drug-likeness (QED) is 0.173. The Hall–Kier alpha value is 0.340. The van der Waals surface area contributed by atoms with Crippen molar-refractivity contribution in [2.24, 2.45) is 0 Å². The number of hydrogen-bond donors (Lipinski definition) is 2. The molecule has 0 aromatic carbocycles. The highest BCUT2D eigenvalue weighted by atomic mass is 35.5. The molecule has 0 heterocycles. The zero-order valence-electron chi connectivity index (χ0n) is 11.9. The van der Waals surface area contributed by atoms with Gasteiger partial charge in [-0.3, -0.25) is 0 Å². The Bertz CT molecular complexity index is 222. The molecule has 0 fully saturated rings. The van der Waals surface area contributed by atoms with Gasteiger partial charge < -0.3 is 0 Å². The summed E-state index contributed by atoms with van der Waals surface area (Å²) in [6, 6.07) is 0. The third-order valence-corrected chi connectivity index (χ3v) is 3.34.